The fourth-order valence-corrected chi connectivity index (χ4v) is 12.8. The molecule has 6 aromatic carbocycles. The first-order valence-corrected chi connectivity index (χ1v) is 38.6. The number of hydrogen-bond donors (Lipinski definition) is 4. The third-order valence-electron chi connectivity index (χ3n) is 18.4. The maximum Gasteiger partial charge on any atom is 1.00 e. The molecule has 2 radical (unpaired) electrons. The molecule has 4 N–H and O–H groups in total. The molecule has 8 aliphatic rings. The number of hydrogen-bond acceptors (Lipinski definition) is 24. The first-order chi connectivity index (χ1) is 55.1. The Balaban J connectivity index is 0.000000214. The van der Waals surface area contributed by atoms with Crippen LogP contribution < -0.4 is 44.3 Å². The Bertz CT molecular complexity index is 4070. The van der Waals surface area contributed by atoms with Crippen molar-refractivity contribution in [2.75, 3.05) is 59.2 Å². The first-order valence-electron chi connectivity index (χ1n) is 37.8. The van der Waals surface area contributed by atoms with Crippen LogP contribution in [-0.4, -0.2) is 187 Å². The number of aliphatic hydroxyl groups is 1. The monoisotopic (exact) mass is 1660 g/mol. The average Bonchev–Trinajstić information content (AvgIpc) is 1.76. The molecule has 0 aromatic heterocycles. The number of piperidine rings is 4. The Labute approximate surface area is 699 Å². The van der Waals surface area contributed by atoms with E-state index in [1.54, 1.807) is 34.1 Å². The van der Waals surface area contributed by atoms with Crippen molar-refractivity contribution in [1.29, 1.82) is 0 Å². The number of aliphatic carboxylic acids is 2. The van der Waals surface area contributed by atoms with E-state index in [0.717, 1.165) is 128 Å². The largest absolute Gasteiger partial charge is 1.00 e. The van der Waals surface area contributed by atoms with Crippen molar-refractivity contribution in [2.24, 2.45) is 5.92 Å². The van der Waals surface area contributed by atoms with Crippen molar-refractivity contribution in [3.05, 3.63) is 200 Å². The van der Waals surface area contributed by atoms with Gasteiger partial charge in [-0.25, -0.2) is 33.6 Å². The maximum atomic E-state index is 12.6. The standard InChI is InChI=1S/C22H23NO5.C14H17NO4.C14H17NO3.C14H19NO3.C8H5BrO2.C5H8O2.C4H6BO4.C2H4O2.Na/c24-21-20-10-9-19(12-17(20)14-27-21)26-15-18-8-4-5-11-23(18)22(25)28-13-16-6-2-1-3-7-16;16-13(17)12-8-4-5-9-15(12)14(18)19-10-11-6-2-1-3-7-11;16-14-13-5-4-12(7-10(13)8-18-14)17-9-11-3-1-2-6-15-11;16-10-13-8-4-5-9-15(13)14(17)18-11-12-6-2-1-3-7-12;9-6-1-2-7-5(3-6)4-11-8(7)10;6-3-5-1-2-7-4-5;1-3(6)8-5-9-4(2)7;1-2(3)4;/h1-3,6-7,9-10,12,18H,4-5,8,11,13-15H2;1-3,6-7,12H,4-5,8-10H2,(H,16,17);4-5,7,11,15H,1-3,6,8-9H2;1-3,6-7,13,16H,4-5,8-11H2;1-3H,4H2;3,5H,1-2,4H2;1-2H3;1H3,(H,3,4);/q;;;;;;-1;;+1/t18-;;11-;13-;;;;;/m1.11...../s1. The number of nitrogens with one attached hydrogen (secondary N) is 1. The molecule has 14 rings (SSSR count). The molecule has 612 valence electrons. The van der Waals surface area contributed by atoms with Gasteiger partial charge in [-0.15, -0.1) is 0 Å². The summed E-state index contributed by atoms with van der Waals surface area (Å²) in [6.45, 7) is 10.7. The molecule has 115 heavy (non-hydrogen) atoms. The first kappa shape index (κ1) is 94.0. The number of nitrogens with zero attached hydrogens (tertiary/aromatic N) is 3. The number of fused-ring (bicyclic) bond motifs is 3. The molecule has 8 heterocycles. The molecule has 5 atom stereocenters. The van der Waals surface area contributed by atoms with Gasteiger partial charge >= 0.3 is 71.7 Å². The minimum Gasteiger partial charge on any atom is -0.702 e. The topological polar surface area (TPSA) is 372 Å². The minimum absolute atomic E-state index is 0. The van der Waals surface area contributed by atoms with Crippen molar-refractivity contribution >= 4 is 90.0 Å². The van der Waals surface area contributed by atoms with Crippen molar-refractivity contribution in [3.63, 3.8) is 0 Å². The molecule has 0 saturated carbocycles. The number of cyclic esters (lactones) is 3. The average molecular weight is 1670 g/mol. The molecule has 0 aliphatic carbocycles. The number of aliphatic hydroxyl groups excluding tert-OH is 1. The molecule has 29 nitrogen and oxygen atoms in total. The van der Waals surface area contributed by atoms with Gasteiger partial charge in [0.2, 0.25) is 0 Å². The Hall–Kier alpha value is -9.89. The molecular weight excluding hydrogens is 1570 g/mol. The van der Waals surface area contributed by atoms with Gasteiger partial charge < -0.3 is 87.2 Å². The zero-order valence-corrected chi connectivity index (χ0v) is 68.8. The van der Waals surface area contributed by atoms with E-state index in [9.17, 15) is 53.1 Å². The number of carbonyl (C=O) groups is 11. The second-order valence-corrected chi connectivity index (χ2v) is 28.0. The van der Waals surface area contributed by atoms with Gasteiger partial charge in [0.1, 0.15) is 84.4 Å². The number of benzene rings is 6. The van der Waals surface area contributed by atoms with Gasteiger partial charge in [-0.2, -0.15) is 0 Å². The normalized spacial score (nSPS) is 18.3. The van der Waals surface area contributed by atoms with Crippen LogP contribution in [-0.2, 0) is 106 Å². The summed E-state index contributed by atoms with van der Waals surface area (Å²) in [5, 5.41) is 29.2. The van der Waals surface area contributed by atoms with E-state index in [1.807, 2.05) is 121 Å². The third kappa shape index (κ3) is 33.8. The summed E-state index contributed by atoms with van der Waals surface area (Å²) in [6, 6.07) is 44.6. The number of carboxylic acid groups (broad SMARTS) is 2. The van der Waals surface area contributed by atoms with Gasteiger partial charge in [-0.1, -0.05) is 113 Å². The predicted molar refractivity (Wildman–Crippen MR) is 416 cm³/mol. The number of rotatable bonds is 17. The fraction of sp³-hybridized carbons (Fsp3) is 0.434. The summed E-state index contributed by atoms with van der Waals surface area (Å²) < 4.78 is 56.7. The second-order valence-electron chi connectivity index (χ2n) is 27.1. The summed E-state index contributed by atoms with van der Waals surface area (Å²) in [5.41, 5.74) is 7.50. The van der Waals surface area contributed by atoms with Crippen molar-refractivity contribution < 1.29 is 150 Å². The van der Waals surface area contributed by atoms with Gasteiger partial charge in [0.15, 0.2) is 0 Å². The van der Waals surface area contributed by atoms with E-state index in [0.29, 0.717) is 95.3 Å². The maximum absolute atomic E-state index is 12.6. The number of ether oxygens (including phenoxy) is 9. The molecule has 3 amide bonds. The molecule has 2 unspecified atom stereocenters. The quantitative estimate of drug-likeness (QED) is 0.0286. The molecule has 8 aliphatic heterocycles. The molecule has 0 spiro atoms. The Morgan fingerprint density at radius 1 is 0.522 bits per heavy atom. The number of aldehydes is 1. The van der Waals surface area contributed by atoms with Crippen molar-refractivity contribution in [3.8, 4) is 11.5 Å². The SMILES string of the molecule is CC(=O)O.CC(=O)O[B-]OC(C)=O.O=C(O)C1CCCCN1C(=O)OCc1ccccc1.O=C(OCc1ccccc1)N1CCCC[C@@H]1CO.O=C1OCc2cc(Br)ccc21.O=C1OCc2cc(OC[C@H]3CCCCN3)ccc21.O=C1OCc2cc(OC[C@H]3CCCCN3C(=O)OCc3ccccc3)ccc21.O=CC1CCOC1.[Na+]. The van der Waals surface area contributed by atoms with Crippen LogP contribution in [0.2, 0.25) is 0 Å². The molecule has 6 aromatic rings. The van der Waals surface area contributed by atoms with E-state index in [1.165, 1.54) is 38.0 Å². The summed E-state index contributed by atoms with van der Waals surface area (Å²) in [6.07, 6.45) is 12.4. The van der Waals surface area contributed by atoms with Gasteiger partial charge in [0.25, 0.3) is 17.9 Å². The van der Waals surface area contributed by atoms with Crippen LogP contribution in [0.15, 0.2) is 150 Å². The van der Waals surface area contributed by atoms with Crippen LogP contribution in [0.3, 0.4) is 0 Å². The van der Waals surface area contributed by atoms with E-state index >= 15 is 0 Å². The Kier molecular flexibility index (Phi) is 42.4. The Morgan fingerprint density at radius 3 is 1.36 bits per heavy atom. The molecular formula is C83H99BBrN4NaO25. The molecule has 0 bridgehead atoms. The molecule has 5 saturated heterocycles. The smallest absolute Gasteiger partial charge is 0.702 e. The third-order valence-corrected chi connectivity index (χ3v) is 18.9. The van der Waals surface area contributed by atoms with Gasteiger partial charge in [-0.05, 0) is 155 Å². The number of carbonyl (C=O) groups excluding carboxylic acids is 9. The van der Waals surface area contributed by atoms with E-state index in [4.69, 9.17) is 57.6 Å². The zero-order valence-electron chi connectivity index (χ0n) is 65.2. The molecule has 5 fully saturated rings. The zero-order chi connectivity index (χ0) is 82.0. The van der Waals surface area contributed by atoms with E-state index in [2.05, 4.69) is 30.6 Å². The van der Waals surface area contributed by atoms with Gasteiger partial charge in [0.05, 0.1) is 42.0 Å². The molecule has 32 heteroatoms. The summed E-state index contributed by atoms with van der Waals surface area (Å²) in [7, 11) is 0.699. The van der Waals surface area contributed by atoms with Gasteiger partial charge in [-0.3, -0.25) is 19.3 Å². The van der Waals surface area contributed by atoms with E-state index < -0.39 is 36.0 Å². The number of carboxylic acids is 2. The number of halogens is 1. The fourth-order valence-electron chi connectivity index (χ4n) is 12.4. The predicted octanol–water partition coefficient (Wildman–Crippen LogP) is 9.32. The summed E-state index contributed by atoms with van der Waals surface area (Å²) >= 11 is 3.32. The van der Waals surface area contributed by atoms with Crippen LogP contribution >= 0.6 is 15.9 Å². The van der Waals surface area contributed by atoms with Crippen LogP contribution in [0, 0.1) is 5.92 Å². The summed E-state index contributed by atoms with van der Waals surface area (Å²) in [5.74, 6) is -1.87. The number of esters is 3. The Morgan fingerprint density at radius 2 is 0.939 bits per heavy atom. The van der Waals surface area contributed by atoms with Gasteiger partial charge in [0, 0.05) is 80.1 Å². The number of amides is 3. The van der Waals surface area contributed by atoms with Crippen LogP contribution in [0.1, 0.15) is 169 Å². The minimum atomic E-state index is -0.962. The van der Waals surface area contributed by atoms with Crippen molar-refractivity contribution in [1.82, 2.24) is 20.0 Å². The second kappa shape index (κ2) is 51.9. The van der Waals surface area contributed by atoms with Crippen LogP contribution in [0.25, 0.3) is 0 Å². The van der Waals surface area contributed by atoms with E-state index in [-0.39, 0.29) is 111 Å². The van der Waals surface area contributed by atoms with Crippen molar-refractivity contribution in [2.45, 2.75) is 168 Å². The van der Waals surface area contributed by atoms with Crippen LogP contribution in [0.4, 0.5) is 14.4 Å². The summed E-state index contributed by atoms with van der Waals surface area (Å²) in [4.78, 5) is 125. The number of likely N-dealkylation sites (tertiary alicyclic amines) is 3. The van der Waals surface area contributed by atoms with Crippen LogP contribution in [0.5, 0.6) is 11.5 Å².